The van der Waals surface area contributed by atoms with Crippen molar-refractivity contribution in [3.63, 3.8) is 0 Å². The Morgan fingerprint density at radius 3 is 2.93 bits per heavy atom. The Balaban J connectivity index is 2.37. The summed E-state index contributed by atoms with van der Waals surface area (Å²) in [4.78, 5) is 10.9. The second kappa shape index (κ2) is 4.62. The van der Waals surface area contributed by atoms with Crippen LogP contribution in [0.2, 0.25) is 0 Å². The van der Waals surface area contributed by atoms with Gasteiger partial charge in [-0.1, -0.05) is 40.2 Å². The van der Waals surface area contributed by atoms with Crippen molar-refractivity contribution in [2.45, 2.75) is 12.5 Å². The minimum absolute atomic E-state index is 0.169. The molecular weight excluding hydrogens is 254 g/mol. The molecule has 1 aliphatic rings. The van der Waals surface area contributed by atoms with Gasteiger partial charge in [-0.05, 0) is 23.6 Å². The van der Waals surface area contributed by atoms with Crippen molar-refractivity contribution in [1.82, 2.24) is 0 Å². The van der Waals surface area contributed by atoms with Gasteiger partial charge in [0.15, 0.2) is 0 Å². The fraction of sp³-hybridized carbons (Fsp3) is 0.250. The molecule has 1 aliphatic heterocycles. The van der Waals surface area contributed by atoms with Gasteiger partial charge in [0.1, 0.15) is 12.3 Å². The minimum atomic E-state index is -0.169. The Hall–Kier alpha value is -1.09. The largest absolute Gasteiger partial charge is 0.372 e. The van der Waals surface area contributed by atoms with Crippen molar-refractivity contribution < 1.29 is 4.79 Å². The van der Waals surface area contributed by atoms with Gasteiger partial charge >= 0.3 is 0 Å². The van der Waals surface area contributed by atoms with Crippen molar-refractivity contribution in [2.24, 2.45) is 0 Å². The number of aldehydes is 1. The van der Waals surface area contributed by atoms with Crippen LogP contribution in [-0.4, -0.2) is 17.7 Å². The molecule has 3 heteroatoms. The number of rotatable bonds is 3. The molecule has 0 saturated carbocycles. The van der Waals surface area contributed by atoms with Gasteiger partial charge in [-0.25, -0.2) is 0 Å². The molecule has 0 spiro atoms. The van der Waals surface area contributed by atoms with E-state index in [1.54, 1.807) is 0 Å². The summed E-state index contributed by atoms with van der Waals surface area (Å²) in [5, 5.41) is 4.11. The van der Waals surface area contributed by atoms with Crippen LogP contribution in [0.5, 0.6) is 0 Å². The number of benzene rings is 1. The predicted octanol–water partition coefficient (Wildman–Crippen LogP) is 2.85. The first-order valence-electron chi connectivity index (χ1n) is 4.92. The third-order valence-corrected chi connectivity index (χ3v) is 2.93. The van der Waals surface area contributed by atoms with E-state index >= 15 is 0 Å². The maximum atomic E-state index is 10.9. The maximum Gasteiger partial charge on any atom is 0.146 e. The molecule has 2 nitrogen and oxygen atoms in total. The highest BCUT2D eigenvalue weighted by Crippen LogP contribution is 2.27. The van der Waals surface area contributed by atoms with Gasteiger partial charge in [-0.15, -0.1) is 0 Å². The average molecular weight is 266 g/mol. The molecule has 1 aromatic carbocycles. The third kappa shape index (κ3) is 2.12. The number of anilines is 1. The van der Waals surface area contributed by atoms with E-state index in [4.69, 9.17) is 0 Å². The first-order valence-corrected chi connectivity index (χ1v) is 6.04. The minimum Gasteiger partial charge on any atom is -0.372 e. The van der Waals surface area contributed by atoms with Crippen LogP contribution in [0.3, 0.4) is 0 Å². The summed E-state index contributed by atoms with van der Waals surface area (Å²) in [6, 6.07) is 7.85. The zero-order valence-corrected chi connectivity index (χ0v) is 9.83. The zero-order chi connectivity index (χ0) is 10.7. The Morgan fingerprint density at radius 2 is 2.20 bits per heavy atom. The highest BCUT2D eigenvalue weighted by Gasteiger charge is 2.18. The quantitative estimate of drug-likeness (QED) is 0.673. The number of hydrogen-bond acceptors (Lipinski definition) is 2. The van der Waals surface area contributed by atoms with Gasteiger partial charge in [0.05, 0.1) is 0 Å². The standard InChI is InChI=1S/C12H12BrNO/c13-6-5-10-7-9-3-1-2-4-11(9)14-12(10)8-15/h1-4,7-8,12,14H,5-6H2. The molecule has 1 unspecified atom stereocenters. The van der Waals surface area contributed by atoms with Crippen molar-refractivity contribution >= 4 is 34.0 Å². The Labute approximate surface area is 97.5 Å². The average Bonchev–Trinajstić information content (AvgIpc) is 2.28. The Bertz CT molecular complexity index is 400. The van der Waals surface area contributed by atoms with Crippen LogP contribution in [0.15, 0.2) is 29.8 Å². The van der Waals surface area contributed by atoms with Crippen molar-refractivity contribution in [3.05, 3.63) is 35.4 Å². The second-order valence-electron chi connectivity index (χ2n) is 3.50. The summed E-state index contributed by atoms with van der Waals surface area (Å²) >= 11 is 3.40. The fourth-order valence-electron chi connectivity index (χ4n) is 1.76. The normalized spacial score (nSPS) is 18.7. The van der Waals surface area contributed by atoms with Gasteiger partial charge < -0.3 is 10.1 Å². The molecular formula is C12H12BrNO. The molecule has 0 aliphatic carbocycles. The molecule has 78 valence electrons. The van der Waals surface area contributed by atoms with Crippen LogP contribution in [0, 0.1) is 0 Å². The number of fused-ring (bicyclic) bond motifs is 1. The molecule has 2 rings (SSSR count). The molecule has 0 saturated heterocycles. The molecule has 1 atom stereocenters. The number of halogens is 1. The van der Waals surface area contributed by atoms with E-state index < -0.39 is 0 Å². The number of carbonyl (C=O) groups excluding carboxylic acids is 1. The lowest BCUT2D eigenvalue weighted by Gasteiger charge is -2.24. The van der Waals surface area contributed by atoms with Gasteiger partial charge in [0, 0.05) is 11.0 Å². The number of hydrogen-bond donors (Lipinski definition) is 1. The molecule has 0 amide bonds. The molecule has 0 fully saturated rings. The SMILES string of the molecule is O=CC1Nc2ccccc2C=C1CCBr. The number of para-hydroxylation sites is 1. The van der Waals surface area contributed by atoms with Crippen LogP contribution < -0.4 is 5.32 Å². The Morgan fingerprint density at radius 1 is 1.40 bits per heavy atom. The van der Waals surface area contributed by atoms with E-state index in [-0.39, 0.29) is 6.04 Å². The first-order chi connectivity index (χ1) is 7.35. The summed E-state index contributed by atoms with van der Waals surface area (Å²) in [5.41, 5.74) is 3.33. The molecule has 1 heterocycles. The van der Waals surface area contributed by atoms with E-state index in [9.17, 15) is 4.79 Å². The highest BCUT2D eigenvalue weighted by atomic mass is 79.9. The monoisotopic (exact) mass is 265 g/mol. The van der Waals surface area contributed by atoms with Crippen LogP contribution in [0.4, 0.5) is 5.69 Å². The summed E-state index contributed by atoms with van der Waals surface area (Å²) < 4.78 is 0. The first kappa shape index (κ1) is 10.4. The Kier molecular flexibility index (Phi) is 3.21. The molecule has 15 heavy (non-hydrogen) atoms. The predicted molar refractivity (Wildman–Crippen MR) is 66.3 cm³/mol. The van der Waals surface area contributed by atoms with E-state index in [0.717, 1.165) is 34.9 Å². The summed E-state index contributed by atoms with van der Waals surface area (Å²) in [6.45, 7) is 0. The van der Waals surface area contributed by atoms with E-state index in [2.05, 4.69) is 33.4 Å². The molecule has 0 aromatic heterocycles. The van der Waals surface area contributed by atoms with Crippen LogP contribution >= 0.6 is 15.9 Å². The van der Waals surface area contributed by atoms with Crippen molar-refractivity contribution in [3.8, 4) is 0 Å². The summed E-state index contributed by atoms with van der Waals surface area (Å²) in [5.74, 6) is 0. The summed E-state index contributed by atoms with van der Waals surface area (Å²) in [6.07, 6.45) is 3.96. The lowest BCUT2D eigenvalue weighted by atomic mass is 9.97. The van der Waals surface area contributed by atoms with Gasteiger partial charge in [-0.3, -0.25) is 0 Å². The molecule has 0 radical (unpaired) electrons. The molecule has 1 aromatic rings. The maximum absolute atomic E-state index is 10.9. The van der Waals surface area contributed by atoms with E-state index in [1.807, 2.05) is 18.2 Å². The highest BCUT2D eigenvalue weighted by molar-refractivity contribution is 9.09. The third-order valence-electron chi connectivity index (χ3n) is 2.53. The zero-order valence-electron chi connectivity index (χ0n) is 8.24. The van der Waals surface area contributed by atoms with Crippen LogP contribution in [-0.2, 0) is 4.79 Å². The number of alkyl halides is 1. The number of carbonyl (C=O) groups is 1. The lowest BCUT2D eigenvalue weighted by molar-refractivity contribution is -0.107. The molecule has 1 N–H and O–H groups in total. The summed E-state index contributed by atoms with van der Waals surface area (Å²) in [7, 11) is 0. The fourth-order valence-corrected chi connectivity index (χ4v) is 2.22. The van der Waals surface area contributed by atoms with Gasteiger partial charge in [0.25, 0.3) is 0 Å². The second-order valence-corrected chi connectivity index (χ2v) is 4.30. The van der Waals surface area contributed by atoms with Gasteiger partial charge in [0.2, 0.25) is 0 Å². The van der Waals surface area contributed by atoms with Gasteiger partial charge in [-0.2, -0.15) is 0 Å². The van der Waals surface area contributed by atoms with Crippen LogP contribution in [0.1, 0.15) is 12.0 Å². The van der Waals surface area contributed by atoms with E-state index in [0.29, 0.717) is 0 Å². The van der Waals surface area contributed by atoms with E-state index in [1.165, 1.54) is 0 Å². The number of nitrogens with one attached hydrogen (secondary N) is 1. The van der Waals surface area contributed by atoms with Crippen molar-refractivity contribution in [1.29, 1.82) is 0 Å². The van der Waals surface area contributed by atoms with Crippen LogP contribution in [0.25, 0.3) is 6.08 Å². The smallest absolute Gasteiger partial charge is 0.146 e. The van der Waals surface area contributed by atoms with Crippen molar-refractivity contribution in [2.75, 3.05) is 10.6 Å². The lowest BCUT2D eigenvalue weighted by Crippen LogP contribution is -2.26. The molecule has 0 bridgehead atoms. The topological polar surface area (TPSA) is 29.1 Å².